The molecule has 0 aromatic rings. The molecule has 1 atom stereocenters. The first-order valence-electron chi connectivity index (χ1n) is 5.45. The molecule has 17 heavy (non-hydrogen) atoms. The Morgan fingerprint density at radius 2 is 2.06 bits per heavy atom. The largest absolute Gasteiger partial charge is 0.444 e. The van der Waals surface area contributed by atoms with Gasteiger partial charge in [-0.15, -0.1) is 0 Å². The first kappa shape index (κ1) is 13.7. The van der Waals surface area contributed by atoms with Gasteiger partial charge in [0.2, 0.25) is 0 Å². The summed E-state index contributed by atoms with van der Waals surface area (Å²) in [6, 6.07) is -0.596. The van der Waals surface area contributed by atoms with Crippen molar-refractivity contribution in [2.24, 2.45) is 5.90 Å². The number of hydrogen-bond donors (Lipinski definition) is 2. The zero-order valence-electron chi connectivity index (χ0n) is 10.4. The highest BCUT2D eigenvalue weighted by atomic mass is 16.7. The highest BCUT2D eigenvalue weighted by Crippen LogP contribution is 2.11. The van der Waals surface area contributed by atoms with Crippen LogP contribution in [0.15, 0.2) is 0 Å². The average molecular weight is 245 g/mol. The summed E-state index contributed by atoms with van der Waals surface area (Å²) in [5, 5.41) is 2.91. The Labute approximate surface area is 100 Å². The highest BCUT2D eigenvalue weighted by molar-refractivity contribution is 5.77. The Balaban J connectivity index is 2.55. The Kier molecular flexibility index (Phi) is 4.30. The summed E-state index contributed by atoms with van der Waals surface area (Å²) in [6.45, 7) is 6.56. The Hall–Kier alpha value is -1.34. The van der Waals surface area contributed by atoms with Crippen LogP contribution in [0, 0.1) is 0 Å². The molecule has 7 nitrogen and oxygen atoms in total. The van der Waals surface area contributed by atoms with Gasteiger partial charge in [0.25, 0.3) is 0 Å². The molecular formula is C10H19N3O4. The molecule has 0 bridgehead atoms. The number of nitrogens with two attached hydrogens (primary N) is 1. The van der Waals surface area contributed by atoms with Crippen molar-refractivity contribution in [3.8, 4) is 0 Å². The lowest BCUT2D eigenvalue weighted by molar-refractivity contribution is -0.147. The van der Waals surface area contributed by atoms with E-state index in [-0.39, 0.29) is 6.54 Å². The molecule has 0 saturated carbocycles. The molecule has 1 amide bonds. The van der Waals surface area contributed by atoms with Crippen molar-refractivity contribution in [3.63, 3.8) is 0 Å². The molecule has 0 spiro atoms. The third-order valence-corrected chi connectivity index (χ3v) is 2.23. The monoisotopic (exact) mass is 245 g/mol. The van der Waals surface area contributed by atoms with Gasteiger partial charge < -0.3 is 19.8 Å². The van der Waals surface area contributed by atoms with Crippen LogP contribution in [-0.2, 0) is 14.4 Å². The molecule has 1 heterocycles. The van der Waals surface area contributed by atoms with E-state index in [0.29, 0.717) is 13.1 Å². The van der Waals surface area contributed by atoms with Crippen LogP contribution >= 0.6 is 0 Å². The minimum absolute atomic E-state index is 0.199. The highest BCUT2D eigenvalue weighted by Gasteiger charge is 2.31. The zero-order valence-corrected chi connectivity index (χ0v) is 10.4. The molecule has 0 aromatic carbocycles. The van der Waals surface area contributed by atoms with Crippen molar-refractivity contribution in [2.75, 3.05) is 19.6 Å². The molecule has 3 N–H and O–H groups in total. The first-order valence-corrected chi connectivity index (χ1v) is 5.45. The SMILES string of the molecule is CC(C)(C)OC(=O)N1CCN[C@@H](C(=O)ON)C1. The smallest absolute Gasteiger partial charge is 0.410 e. The number of carbonyl (C=O) groups is 2. The number of rotatable bonds is 1. The number of amides is 1. The quantitative estimate of drug-likeness (QED) is 0.611. The van der Waals surface area contributed by atoms with Crippen molar-refractivity contribution in [3.05, 3.63) is 0 Å². The number of nitrogens with zero attached hydrogens (tertiary/aromatic N) is 1. The summed E-state index contributed by atoms with van der Waals surface area (Å²) in [5.74, 6) is 4.22. The maximum atomic E-state index is 11.8. The van der Waals surface area contributed by atoms with Crippen LogP contribution in [0.3, 0.4) is 0 Å². The molecular weight excluding hydrogens is 226 g/mol. The molecule has 1 saturated heterocycles. The lowest BCUT2D eigenvalue weighted by Gasteiger charge is -2.33. The maximum absolute atomic E-state index is 11.8. The zero-order chi connectivity index (χ0) is 13.1. The van der Waals surface area contributed by atoms with E-state index < -0.39 is 23.7 Å². The average Bonchev–Trinajstić information content (AvgIpc) is 2.26. The molecule has 0 unspecified atom stereocenters. The molecule has 0 aliphatic carbocycles. The van der Waals surface area contributed by atoms with Crippen LogP contribution in [0.1, 0.15) is 20.8 Å². The molecule has 1 fully saturated rings. The molecule has 1 rings (SSSR count). The maximum Gasteiger partial charge on any atom is 0.410 e. The third kappa shape index (κ3) is 4.20. The fraction of sp³-hybridized carbons (Fsp3) is 0.800. The van der Waals surface area contributed by atoms with Crippen molar-refractivity contribution in [1.82, 2.24) is 10.2 Å². The van der Waals surface area contributed by atoms with Crippen LogP contribution in [0.25, 0.3) is 0 Å². The number of piperazine rings is 1. The molecule has 0 radical (unpaired) electrons. The first-order chi connectivity index (χ1) is 7.83. The van der Waals surface area contributed by atoms with Gasteiger partial charge in [0.05, 0.1) is 6.54 Å². The molecule has 7 heteroatoms. The lowest BCUT2D eigenvalue weighted by Crippen LogP contribution is -2.57. The van der Waals surface area contributed by atoms with Crippen LogP contribution in [0.2, 0.25) is 0 Å². The number of carbonyl (C=O) groups excluding carboxylic acids is 2. The molecule has 1 aliphatic rings. The molecule has 0 aromatic heterocycles. The Bertz CT molecular complexity index is 300. The van der Waals surface area contributed by atoms with Gasteiger partial charge in [-0.25, -0.2) is 9.59 Å². The molecule has 98 valence electrons. The van der Waals surface area contributed by atoms with Crippen molar-refractivity contribution >= 4 is 12.1 Å². The van der Waals surface area contributed by atoms with Crippen LogP contribution < -0.4 is 11.2 Å². The van der Waals surface area contributed by atoms with E-state index in [2.05, 4.69) is 10.2 Å². The van der Waals surface area contributed by atoms with Gasteiger partial charge in [-0.3, -0.25) is 0 Å². The van der Waals surface area contributed by atoms with Crippen LogP contribution in [-0.4, -0.2) is 48.2 Å². The van der Waals surface area contributed by atoms with E-state index >= 15 is 0 Å². The van der Waals surface area contributed by atoms with E-state index in [4.69, 9.17) is 10.6 Å². The Morgan fingerprint density at radius 1 is 1.41 bits per heavy atom. The van der Waals surface area contributed by atoms with Gasteiger partial charge in [0.1, 0.15) is 11.6 Å². The van der Waals surface area contributed by atoms with Crippen molar-refractivity contribution < 1.29 is 19.2 Å². The van der Waals surface area contributed by atoms with Crippen molar-refractivity contribution in [1.29, 1.82) is 0 Å². The van der Waals surface area contributed by atoms with Crippen LogP contribution in [0.5, 0.6) is 0 Å². The second kappa shape index (κ2) is 5.33. The number of nitrogens with one attached hydrogen (secondary N) is 1. The number of ether oxygens (including phenoxy) is 1. The second-order valence-corrected chi connectivity index (χ2v) is 4.87. The summed E-state index contributed by atoms with van der Waals surface area (Å²) >= 11 is 0. The fourth-order valence-electron chi connectivity index (χ4n) is 1.48. The van der Waals surface area contributed by atoms with Crippen LogP contribution in [0.4, 0.5) is 4.79 Å². The van der Waals surface area contributed by atoms with E-state index in [1.54, 1.807) is 20.8 Å². The summed E-state index contributed by atoms with van der Waals surface area (Å²) in [5.41, 5.74) is -0.550. The van der Waals surface area contributed by atoms with E-state index in [0.717, 1.165) is 0 Å². The summed E-state index contributed by atoms with van der Waals surface area (Å²) in [6.07, 6.45) is -0.436. The van der Waals surface area contributed by atoms with E-state index in [1.165, 1.54) is 4.90 Å². The van der Waals surface area contributed by atoms with Gasteiger partial charge in [-0.1, -0.05) is 0 Å². The second-order valence-electron chi connectivity index (χ2n) is 4.87. The molecule has 1 aliphatic heterocycles. The normalized spacial score (nSPS) is 20.9. The van der Waals surface area contributed by atoms with Gasteiger partial charge >= 0.3 is 12.1 Å². The summed E-state index contributed by atoms with van der Waals surface area (Å²) < 4.78 is 5.21. The predicted octanol–water partition coefficient (Wildman–Crippen LogP) is -0.388. The fourth-order valence-corrected chi connectivity index (χ4v) is 1.48. The third-order valence-electron chi connectivity index (χ3n) is 2.23. The van der Waals surface area contributed by atoms with Gasteiger partial charge in [-0.05, 0) is 20.8 Å². The minimum atomic E-state index is -0.596. The summed E-state index contributed by atoms with van der Waals surface area (Å²) in [7, 11) is 0. The van der Waals surface area contributed by atoms with Gasteiger partial charge in [0.15, 0.2) is 0 Å². The Morgan fingerprint density at radius 3 is 2.59 bits per heavy atom. The van der Waals surface area contributed by atoms with Crippen molar-refractivity contribution in [2.45, 2.75) is 32.4 Å². The van der Waals surface area contributed by atoms with Gasteiger partial charge in [0, 0.05) is 13.1 Å². The van der Waals surface area contributed by atoms with Gasteiger partial charge in [-0.2, -0.15) is 5.90 Å². The standard InChI is InChI=1S/C10H19N3O4/c1-10(2,3)16-9(15)13-5-4-12-7(6-13)8(14)17-11/h7,12H,4-6,11H2,1-3H3/t7-/m1/s1. The lowest BCUT2D eigenvalue weighted by atomic mass is 10.2. The van der Waals surface area contributed by atoms with E-state index in [1.807, 2.05) is 0 Å². The topological polar surface area (TPSA) is 93.9 Å². The minimum Gasteiger partial charge on any atom is -0.444 e. The van der Waals surface area contributed by atoms with E-state index in [9.17, 15) is 9.59 Å². The summed E-state index contributed by atoms with van der Waals surface area (Å²) in [4.78, 5) is 28.6. The number of hydrogen-bond acceptors (Lipinski definition) is 6. The predicted molar refractivity (Wildman–Crippen MR) is 59.9 cm³/mol.